The average Bonchev–Trinajstić information content (AvgIpc) is 2.92. The van der Waals surface area contributed by atoms with Crippen molar-refractivity contribution in [3.63, 3.8) is 0 Å². The van der Waals surface area contributed by atoms with E-state index in [1.54, 1.807) is 24.6 Å². The first-order valence-electron chi connectivity index (χ1n) is 6.10. The molecule has 1 amide bonds. The summed E-state index contributed by atoms with van der Waals surface area (Å²) in [5.74, 6) is 0. The predicted octanol–water partition coefficient (Wildman–Crippen LogP) is 0.450. The number of thiazole rings is 1. The first-order valence-corrected chi connectivity index (χ1v) is 8.79. The average molecular weight is 321 g/mol. The molecule has 1 saturated heterocycles. The molecule has 7 nitrogen and oxygen atoms in total. The van der Waals surface area contributed by atoms with E-state index in [-0.39, 0.29) is 6.10 Å². The van der Waals surface area contributed by atoms with Crippen LogP contribution in [-0.4, -0.2) is 52.3 Å². The van der Waals surface area contributed by atoms with Crippen LogP contribution in [0.3, 0.4) is 0 Å². The summed E-state index contributed by atoms with van der Waals surface area (Å²) in [6.45, 7) is 1.60. The van der Waals surface area contributed by atoms with E-state index >= 15 is 0 Å². The summed E-state index contributed by atoms with van der Waals surface area (Å²) in [6.07, 6.45) is 4.78. The summed E-state index contributed by atoms with van der Waals surface area (Å²) in [6, 6.07) is 0. The predicted molar refractivity (Wildman–Crippen MR) is 78.4 cm³/mol. The van der Waals surface area contributed by atoms with Gasteiger partial charge in [0.2, 0.25) is 6.41 Å². The van der Waals surface area contributed by atoms with Gasteiger partial charge in [0.15, 0.2) is 5.13 Å². The second kappa shape index (κ2) is 8.18. The zero-order valence-corrected chi connectivity index (χ0v) is 13.1. The third-order valence-electron chi connectivity index (χ3n) is 2.56. The second-order valence-electron chi connectivity index (χ2n) is 4.21. The van der Waals surface area contributed by atoms with Gasteiger partial charge in [0.05, 0.1) is 12.4 Å². The van der Waals surface area contributed by atoms with Gasteiger partial charge in [0.25, 0.3) is 10.1 Å². The number of nitrogens with one attached hydrogen (secondary N) is 1. The molecule has 0 unspecified atom stereocenters. The van der Waals surface area contributed by atoms with Crippen molar-refractivity contribution in [3.05, 3.63) is 11.6 Å². The van der Waals surface area contributed by atoms with Gasteiger partial charge in [-0.15, -0.1) is 11.3 Å². The number of hydrogen-bond donors (Lipinski definition) is 1. The van der Waals surface area contributed by atoms with Crippen molar-refractivity contribution < 1.29 is 17.4 Å². The molecule has 0 radical (unpaired) electrons. The molecule has 1 N–H and O–H groups in total. The minimum atomic E-state index is -3.33. The van der Waals surface area contributed by atoms with Gasteiger partial charge in [-0.3, -0.25) is 8.98 Å². The Labute approximate surface area is 123 Å². The molecule has 1 aliphatic rings. The van der Waals surface area contributed by atoms with Crippen LogP contribution in [0.25, 0.3) is 0 Å². The van der Waals surface area contributed by atoms with Gasteiger partial charge in [-0.05, 0) is 12.8 Å². The lowest BCUT2D eigenvalue weighted by molar-refractivity contribution is -0.109. The zero-order chi connectivity index (χ0) is 15.0. The first kappa shape index (κ1) is 16.9. The van der Waals surface area contributed by atoms with E-state index in [0.29, 0.717) is 6.41 Å². The summed E-state index contributed by atoms with van der Waals surface area (Å²) in [7, 11) is -1.76. The highest BCUT2D eigenvalue weighted by atomic mass is 32.2. The maximum atomic E-state index is 11.0. The zero-order valence-electron chi connectivity index (χ0n) is 11.5. The van der Waals surface area contributed by atoms with Gasteiger partial charge in [0.1, 0.15) is 0 Å². The van der Waals surface area contributed by atoms with Crippen LogP contribution < -0.4 is 10.2 Å². The monoisotopic (exact) mass is 321 g/mol. The van der Waals surface area contributed by atoms with E-state index in [1.165, 1.54) is 0 Å². The molecule has 20 heavy (non-hydrogen) atoms. The van der Waals surface area contributed by atoms with Gasteiger partial charge in [-0.2, -0.15) is 8.42 Å². The Morgan fingerprint density at radius 1 is 1.50 bits per heavy atom. The quantitative estimate of drug-likeness (QED) is 0.640. The number of carbonyl (C=O) groups excluding carboxylic acids is 1. The summed E-state index contributed by atoms with van der Waals surface area (Å²) < 4.78 is 26.9. The van der Waals surface area contributed by atoms with Crippen molar-refractivity contribution in [1.82, 2.24) is 10.3 Å². The molecule has 1 aromatic rings. The topological polar surface area (TPSA) is 88.6 Å². The van der Waals surface area contributed by atoms with Gasteiger partial charge in [-0.25, -0.2) is 4.98 Å². The van der Waals surface area contributed by atoms with E-state index in [2.05, 4.69) is 15.2 Å². The van der Waals surface area contributed by atoms with Crippen LogP contribution in [-0.2, 0) is 19.1 Å². The number of aromatic nitrogens is 1. The molecule has 2 heterocycles. The van der Waals surface area contributed by atoms with Gasteiger partial charge in [-0.1, -0.05) is 0 Å². The number of carbonyl (C=O) groups is 1. The van der Waals surface area contributed by atoms with Crippen molar-refractivity contribution >= 4 is 33.0 Å². The molecule has 1 fully saturated rings. The fourth-order valence-electron chi connectivity index (χ4n) is 1.76. The van der Waals surface area contributed by atoms with Gasteiger partial charge >= 0.3 is 0 Å². The lowest BCUT2D eigenvalue weighted by atomic mass is 10.1. The van der Waals surface area contributed by atoms with Crippen LogP contribution in [0.15, 0.2) is 11.6 Å². The Hall–Kier alpha value is -1.19. The highest BCUT2D eigenvalue weighted by molar-refractivity contribution is 7.86. The number of nitrogens with zero attached hydrogens (tertiary/aromatic N) is 2. The summed E-state index contributed by atoms with van der Waals surface area (Å²) in [4.78, 5) is 15.4. The van der Waals surface area contributed by atoms with Crippen molar-refractivity contribution in [1.29, 1.82) is 0 Å². The standard InChI is InChI=1S/C9H14N2O3S2.C2H5NO/c1-16(12,13)14-8-2-5-11(6-3-8)9-10-4-7-15-9;1-3-2-4/h4,7-8H,2-3,5-6H2,1H3;2H,1H3,(H,3,4). The Morgan fingerprint density at radius 2 is 2.10 bits per heavy atom. The lowest BCUT2D eigenvalue weighted by Crippen LogP contribution is -2.37. The second-order valence-corrected chi connectivity index (χ2v) is 6.68. The molecule has 114 valence electrons. The highest BCUT2D eigenvalue weighted by Crippen LogP contribution is 2.23. The number of amides is 1. The number of hydrogen-bond acceptors (Lipinski definition) is 7. The number of piperidine rings is 1. The largest absolute Gasteiger partial charge is 0.362 e. The van der Waals surface area contributed by atoms with E-state index in [9.17, 15) is 8.42 Å². The summed E-state index contributed by atoms with van der Waals surface area (Å²) >= 11 is 1.60. The van der Waals surface area contributed by atoms with Crippen molar-refractivity contribution in [2.75, 3.05) is 31.3 Å². The van der Waals surface area contributed by atoms with Gasteiger partial charge < -0.3 is 10.2 Å². The van der Waals surface area contributed by atoms with Crippen molar-refractivity contribution in [3.8, 4) is 0 Å². The molecule has 0 aromatic carbocycles. The van der Waals surface area contributed by atoms with E-state index < -0.39 is 10.1 Å². The molecular formula is C11H19N3O4S2. The molecular weight excluding hydrogens is 302 g/mol. The van der Waals surface area contributed by atoms with E-state index in [0.717, 1.165) is 37.3 Å². The fraction of sp³-hybridized carbons (Fsp3) is 0.636. The van der Waals surface area contributed by atoms with Crippen LogP contribution in [0.1, 0.15) is 12.8 Å². The van der Waals surface area contributed by atoms with Crippen LogP contribution >= 0.6 is 11.3 Å². The first-order chi connectivity index (χ1) is 9.46. The lowest BCUT2D eigenvalue weighted by Gasteiger charge is -2.30. The molecule has 0 spiro atoms. The Bertz CT molecular complexity index is 482. The van der Waals surface area contributed by atoms with Crippen LogP contribution in [0.5, 0.6) is 0 Å². The third-order valence-corrected chi connectivity index (χ3v) is 4.01. The minimum absolute atomic E-state index is 0.175. The molecule has 0 aliphatic carbocycles. The molecule has 0 atom stereocenters. The fourth-order valence-corrected chi connectivity index (χ4v) is 3.15. The molecule has 0 saturated carbocycles. The molecule has 9 heteroatoms. The molecule has 1 aliphatic heterocycles. The Kier molecular flexibility index (Phi) is 6.89. The number of anilines is 1. The SMILES string of the molecule is CNC=O.CS(=O)(=O)OC1CCN(c2nccs2)CC1. The molecule has 1 aromatic heterocycles. The van der Waals surface area contributed by atoms with Crippen molar-refractivity contribution in [2.24, 2.45) is 0 Å². The van der Waals surface area contributed by atoms with E-state index in [4.69, 9.17) is 8.98 Å². The summed E-state index contributed by atoms with van der Waals surface area (Å²) in [5, 5.41) is 5.19. The Morgan fingerprint density at radius 3 is 2.50 bits per heavy atom. The van der Waals surface area contributed by atoms with Crippen LogP contribution in [0.4, 0.5) is 5.13 Å². The van der Waals surface area contributed by atoms with Crippen LogP contribution in [0, 0.1) is 0 Å². The normalized spacial score (nSPS) is 16.2. The third kappa shape index (κ3) is 6.31. The van der Waals surface area contributed by atoms with Crippen LogP contribution in [0.2, 0.25) is 0 Å². The highest BCUT2D eigenvalue weighted by Gasteiger charge is 2.23. The molecule has 2 rings (SSSR count). The van der Waals surface area contributed by atoms with E-state index in [1.807, 2.05) is 5.38 Å². The maximum absolute atomic E-state index is 11.0. The van der Waals surface area contributed by atoms with Gasteiger partial charge in [0, 0.05) is 31.7 Å². The smallest absolute Gasteiger partial charge is 0.264 e. The maximum Gasteiger partial charge on any atom is 0.264 e. The Balaban J connectivity index is 0.000000444. The number of rotatable bonds is 4. The van der Waals surface area contributed by atoms with Crippen molar-refractivity contribution in [2.45, 2.75) is 18.9 Å². The minimum Gasteiger partial charge on any atom is -0.362 e. The summed E-state index contributed by atoms with van der Waals surface area (Å²) in [5.41, 5.74) is 0. The molecule has 0 bridgehead atoms.